The summed E-state index contributed by atoms with van der Waals surface area (Å²) in [5, 5.41) is 7.75. The van der Waals surface area contributed by atoms with Crippen molar-refractivity contribution in [3.05, 3.63) is 88.6 Å². The summed E-state index contributed by atoms with van der Waals surface area (Å²) in [7, 11) is 1.91. The van der Waals surface area contributed by atoms with Crippen LogP contribution in [-0.2, 0) is 13.5 Å². The van der Waals surface area contributed by atoms with Crippen LogP contribution in [0.4, 0.5) is 0 Å². The molecule has 6 rings (SSSR count). The van der Waals surface area contributed by atoms with Crippen molar-refractivity contribution in [2.45, 2.75) is 39.9 Å². The molecule has 0 unspecified atom stereocenters. The van der Waals surface area contributed by atoms with Gasteiger partial charge >= 0.3 is 0 Å². The Morgan fingerprint density at radius 1 is 0.935 bits per heavy atom. The van der Waals surface area contributed by atoms with E-state index in [9.17, 15) is 0 Å². The van der Waals surface area contributed by atoms with Gasteiger partial charge in [-0.3, -0.25) is 0 Å². The van der Waals surface area contributed by atoms with E-state index in [0.717, 1.165) is 17.7 Å². The van der Waals surface area contributed by atoms with Crippen LogP contribution in [0.5, 0.6) is 0 Å². The fourth-order valence-electron chi connectivity index (χ4n) is 5.56. The summed E-state index contributed by atoms with van der Waals surface area (Å²) in [6.07, 6.45) is 2.60. The van der Waals surface area contributed by atoms with Gasteiger partial charge in [0, 0.05) is 22.7 Å². The van der Waals surface area contributed by atoms with Crippen molar-refractivity contribution >= 4 is 32.3 Å². The molecular weight excluding hydrogens is 374 g/mol. The van der Waals surface area contributed by atoms with Crippen molar-refractivity contribution in [3.8, 4) is 11.3 Å². The number of hydrogen-bond acceptors (Lipinski definition) is 0. The fraction of sp³-hybridized carbons (Fsp3) is 0.233. The van der Waals surface area contributed by atoms with Crippen LogP contribution in [0.3, 0.4) is 0 Å². The Kier molecular flexibility index (Phi) is 3.05. The van der Waals surface area contributed by atoms with Crippen molar-refractivity contribution in [2.75, 3.05) is 0 Å². The zero-order valence-electron chi connectivity index (χ0n) is 22.4. The molecule has 0 N–H and O–H groups in total. The monoisotopic (exact) mass is 406 g/mol. The van der Waals surface area contributed by atoms with Gasteiger partial charge in [-0.2, -0.15) is 0 Å². The Bertz CT molecular complexity index is 1700. The molecule has 152 valence electrons. The van der Waals surface area contributed by atoms with Crippen molar-refractivity contribution in [1.82, 2.24) is 0 Å². The van der Waals surface area contributed by atoms with E-state index in [0.29, 0.717) is 5.56 Å². The van der Waals surface area contributed by atoms with Gasteiger partial charge in [-0.05, 0) is 86.7 Å². The minimum Gasteiger partial charge on any atom is -0.201 e. The number of hydrogen-bond donors (Lipinski definition) is 0. The summed E-state index contributed by atoms with van der Waals surface area (Å²) in [5.41, 5.74) is 6.75. The van der Waals surface area contributed by atoms with E-state index in [-0.39, 0.29) is 5.56 Å². The van der Waals surface area contributed by atoms with Crippen LogP contribution in [0, 0.1) is 13.8 Å². The van der Waals surface area contributed by atoms with E-state index < -0.39 is 12.7 Å². The first kappa shape index (κ1) is 14.8. The number of aromatic nitrogens is 1. The summed E-state index contributed by atoms with van der Waals surface area (Å²) >= 11 is 0. The fourth-order valence-corrected chi connectivity index (χ4v) is 5.56. The molecule has 0 radical (unpaired) electrons. The van der Waals surface area contributed by atoms with E-state index in [2.05, 4.69) is 55.5 Å². The van der Waals surface area contributed by atoms with E-state index in [1.807, 2.05) is 17.7 Å². The molecule has 0 spiro atoms. The summed E-state index contributed by atoms with van der Waals surface area (Å²) in [6.45, 7) is 3.42. The minimum atomic E-state index is -2.28. The van der Waals surface area contributed by atoms with Crippen molar-refractivity contribution in [1.29, 1.82) is 0 Å². The summed E-state index contributed by atoms with van der Waals surface area (Å²) in [4.78, 5) is 0. The van der Waals surface area contributed by atoms with Crippen LogP contribution in [0.25, 0.3) is 43.6 Å². The molecule has 0 saturated carbocycles. The molecule has 1 aromatic heterocycles. The quantitative estimate of drug-likeness (QED) is 0.210. The average Bonchev–Trinajstić information content (AvgIpc) is 3.19. The molecular formula is C30H28N+. The maximum Gasteiger partial charge on any atom is 0.212 e. The largest absolute Gasteiger partial charge is 0.212 e. The van der Waals surface area contributed by atoms with Gasteiger partial charge in [-0.15, -0.1) is 0 Å². The zero-order valence-corrected chi connectivity index (χ0v) is 18.4. The first-order chi connectivity index (χ1) is 16.5. The Hall–Kier alpha value is -3.19. The molecule has 0 atom stereocenters. The van der Waals surface area contributed by atoms with Gasteiger partial charge in [0.15, 0.2) is 6.20 Å². The lowest BCUT2D eigenvalue weighted by molar-refractivity contribution is -0.660. The second-order valence-corrected chi connectivity index (χ2v) is 9.11. The Labute approximate surface area is 189 Å². The zero-order chi connectivity index (χ0) is 24.9. The van der Waals surface area contributed by atoms with E-state index >= 15 is 0 Å². The van der Waals surface area contributed by atoms with E-state index in [1.165, 1.54) is 49.0 Å². The third-order valence-corrected chi connectivity index (χ3v) is 7.08. The van der Waals surface area contributed by atoms with Gasteiger partial charge < -0.3 is 0 Å². The number of fused-ring (bicyclic) bond motifs is 3. The lowest BCUT2D eigenvalue weighted by atomic mass is 9.89. The molecule has 0 fully saturated rings. The van der Waals surface area contributed by atoms with Crippen LogP contribution in [-0.4, -0.2) is 0 Å². The molecule has 1 heteroatoms. The maximum atomic E-state index is 8.71. The SMILES string of the molecule is [2H]C([2H])([2H])c1c[n+](C)c(-c2cc3c4ccccc4c4cccc5c4c3c(c2C)C5)cc1C([2H])(C)C. The molecule has 0 aliphatic heterocycles. The number of rotatable bonds is 2. The van der Waals surface area contributed by atoms with Crippen LogP contribution >= 0.6 is 0 Å². The van der Waals surface area contributed by atoms with Crippen molar-refractivity contribution < 1.29 is 10.1 Å². The van der Waals surface area contributed by atoms with Gasteiger partial charge in [-0.25, -0.2) is 4.57 Å². The molecule has 0 saturated heterocycles. The summed E-state index contributed by atoms with van der Waals surface area (Å²) < 4.78 is 34.8. The van der Waals surface area contributed by atoms with Crippen LogP contribution in [0.15, 0.2) is 60.8 Å². The first-order valence-corrected chi connectivity index (χ1v) is 10.9. The molecule has 1 nitrogen and oxygen atoms in total. The molecule has 4 aromatic carbocycles. The highest BCUT2D eigenvalue weighted by molar-refractivity contribution is 6.29. The molecule has 0 bridgehead atoms. The lowest BCUT2D eigenvalue weighted by Gasteiger charge is -2.16. The number of nitrogens with zero attached hydrogens (tertiary/aromatic N) is 1. The maximum absolute atomic E-state index is 8.71. The highest BCUT2D eigenvalue weighted by Gasteiger charge is 2.26. The predicted molar refractivity (Wildman–Crippen MR) is 132 cm³/mol. The van der Waals surface area contributed by atoms with E-state index in [4.69, 9.17) is 5.48 Å². The van der Waals surface area contributed by atoms with Gasteiger partial charge in [0.25, 0.3) is 0 Å². The van der Waals surface area contributed by atoms with Gasteiger partial charge in [0.1, 0.15) is 7.05 Å². The highest BCUT2D eigenvalue weighted by atomic mass is 14.9. The minimum absolute atomic E-state index is 0.242. The predicted octanol–water partition coefficient (Wildman–Crippen LogP) is 7.28. The van der Waals surface area contributed by atoms with Crippen LogP contribution < -0.4 is 4.57 Å². The molecule has 1 aliphatic rings. The lowest BCUT2D eigenvalue weighted by Crippen LogP contribution is -2.32. The molecule has 1 aliphatic carbocycles. The first-order valence-electron chi connectivity index (χ1n) is 12.9. The Balaban J connectivity index is 1.74. The number of benzene rings is 4. The molecule has 31 heavy (non-hydrogen) atoms. The Morgan fingerprint density at radius 3 is 2.42 bits per heavy atom. The second-order valence-electron chi connectivity index (χ2n) is 9.11. The highest BCUT2D eigenvalue weighted by Crippen LogP contribution is 2.46. The van der Waals surface area contributed by atoms with Crippen LogP contribution in [0.2, 0.25) is 0 Å². The van der Waals surface area contributed by atoms with Crippen LogP contribution in [0.1, 0.15) is 53.0 Å². The van der Waals surface area contributed by atoms with Crippen molar-refractivity contribution in [2.24, 2.45) is 7.05 Å². The molecule has 5 aromatic rings. The van der Waals surface area contributed by atoms with Gasteiger partial charge in [0.2, 0.25) is 5.69 Å². The Morgan fingerprint density at radius 2 is 1.68 bits per heavy atom. The number of aryl methyl sites for hydroxylation is 2. The normalized spacial score (nSPS) is 15.5. The van der Waals surface area contributed by atoms with Crippen molar-refractivity contribution in [3.63, 3.8) is 0 Å². The average molecular weight is 407 g/mol. The summed E-state index contributed by atoms with van der Waals surface area (Å²) in [5.74, 6) is -1.04. The second kappa shape index (κ2) is 6.40. The summed E-state index contributed by atoms with van der Waals surface area (Å²) in [6, 6.07) is 19.4. The number of pyridine rings is 1. The van der Waals surface area contributed by atoms with Gasteiger partial charge in [0.05, 0.1) is 0 Å². The molecule has 0 amide bonds. The van der Waals surface area contributed by atoms with E-state index in [1.54, 1.807) is 20.0 Å². The smallest absolute Gasteiger partial charge is 0.201 e. The molecule has 1 heterocycles. The van der Waals surface area contributed by atoms with Gasteiger partial charge in [-0.1, -0.05) is 56.3 Å². The standard InChI is InChI=1S/C30H28N/c1-17(2)24-15-28(31(5)16-18(24)3)25-14-27-22-11-7-6-10-21(22)23-12-8-9-20-13-26(19(25)4)30(27)29(20)23/h6-12,14-17H,13H2,1-5H3/q+1/i3D3,17D. The third kappa shape index (κ3) is 2.47. The topological polar surface area (TPSA) is 3.88 Å². The third-order valence-electron chi connectivity index (χ3n) is 7.08.